The lowest BCUT2D eigenvalue weighted by Crippen LogP contribution is -2.49. The van der Waals surface area contributed by atoms with Gasteiger partial charge in [-0.3, -0.25) is 4.79 Å². The van der Waals surface area contributed by atoms with Crippen LogP contribution in [0.15, 0.2) is 42.7 Å². The molecule has 1 saturated heterocycles. The number of H-pyrrole nitrogens is 1. The summed E-state index contributed by atoms with van der Waals surface area (Å²) in [6.45, 7) is 7.00. The highest BCUT2D eigenvalue weighted by Gasteiger charge is 2.25. The summed E-state index contributed by atoms with van der Waals surface area (Å²) >= 11 is 0. The van der Waals surface area contributed by atoms with Crippen LogP contribution < -0.4 is 10.2 Å². The number of nitrogens with one attached hydrogen (secondary N) is 2. The lowest BCUT2D eigenvalue weighted by atomic mass is 10.1. The molecule has 1 amide bonds. The lowest BCUT2D eigenvalue weighted by Gasteiger charge is -2.36. The molecule has 0 bridgehead atoms. The van der Waals surface area contributed by atoms with E-state index in [1.807, 2.05) is 41.4 Å². The Bertz CT molecular complexity index is 942. The van der Waals surface area contributed by atoms with Crippen LogP contribution in [0.25, 0.3) is 10.9 Å². The summed E-state index contributed by atoms with van der Waals surface area (Å²) in [7, 11) is 0. The van der Waals surface area contributed by atoms with Gasteiger partial charge in [0.1, 0.15) is 0 Å². The highest BCUT2D eigenvalue weighted by molar-refractivity contribution is 6.06. The largest absolute Gasteiger partial charge is 0.380 e. The van der Waals surface area contributed by atoms with E-state index < -0.39 is 0 Å². The van der Waals surface area contributed by atoms with Gasteiger partial charge in [0.25, 0.3) is 5.91 Å². The first-order chi connectivity index (χ1) is 13.1. The second-order valence-electron chi connectivity index (χ2n) is 7.09. The van der Waals surface area contributed by atoms with Crippen LogP contribution in [0.2, 0.25) is 0 Å². The van der Waals surface area contributed by atoms with Crippen molar-refractivity contribution in [2.45, 2.75) is 19.9 Å². The molecular formula is C20H24N6O. The third kappa shape index (κ3) is 3.45. The van der Waals surface area contributed by atoms with Gasteiger partial charge in [-0.2, -0.15) is 5.10 Å². The Morgan fingerprint density at radius 2 is 1.93 bits per heavy atom. The number of nitrogens with zero attached hydrogens (tertiary/aromatic N) is 4. The molecule has 7 nitrogen and oxygen atoms in total. The van der Waals surface area contributed by atoms with E-state index in [1.165, 1.54) is 0 Å². The maximum absolute atomic E-state index is 13.0. The van der Waals surface area contributed by atoms with Gasteiger partial charge in [-0.1, -0.05) is 18.2 Å². The number of aromatic amines is 1. The Hall–Kier alpha value is -3.09. The van der Waals surface area contributed by atoms with E-state index in [2.05, 4.69) is 39.2 Å². The molecule has 0 spiro atoms. The van der Waals surface area contributed by atoms with E-state index in [4.69, 9.17) is 0 Å². The lowest BCUT2D eigenvalue weighted by molar-refractivity contribution is 0.0748. The van der Waals surface area contributed by atoms with Gasteiger partial charge < -0.3 is 20.1 Å². The van der Waals surface area contributed by atoms with E-state index in [9.17, 15) is 4.79 Å². The van der Waals surface area contributed by atoms with Crippen molar-refractivity contribution in [3.63, 3.8) is 0 Å². The molecule has 3 heterocycles. The molecule has 0 aliphatic carbocycles. The molecule has 140 valence electrons. The third-order valence-corrected chi connectivity index (χ3v) is 4.83. The number of para-hydroxylation sites is 1. The van der Waals surface area contributed by atoms with Crippen LogP contribution in [-0.2, 0) is 0 Å². The molecule has 27 heavy (non-hydrogen) atoms. The minimum absolute atomic E-state index is 0.0757. The maximum Gasteiger partial charge on any atom is 0.256 e. The van der Waals surface area contributed by atoms with Crippen molar-refractivity contribution in [3.05, 3.63) is 48.3 Å². The summed E-state index contributed by atoms with van der Waals surface area (Å²) in [6, 6.07) is 10.2. The summed E-state index contributed by atoms with van der Waals surface area (Å²) < 4.78 is 0. The third-order valence-electron chi connectivity index (χ3n) is 4.83. The number of fused-ring (bicyclic) bond motifs is 1. The molecule has 1 aromatic carbocycles. The Kier molecular flexibility index (Phi) is 4.66. The minimum Gasteiger partial charge on any atom is -0.380 e. The molecule has 2 N–H and O–H groups in total. The Labute approximate surface area is 158 Å². The van der Waals surface area contributed by atoms with Gasteiger partial charge in [-0.15, -0.1) is 5.10 Å². The average molecular weight is 364 g/mol. The first-order valence-corrected chi connectivity index (χ1v) is 9.32. The van der Waals surface area contributed by atoms with Gasteiger partial charge in [-0.05, 0) is 26.0 Å². The number of rotatable bonds is 4. The average Bonchev–Trinajstić information content (AvgIpc) is 3.12. The van der Waals surface area contributed by atoms with E-state index in [1.54, 1.807) is 6.20 Å². The first kappa shape index (κ1) is 17.3. The van der Waals surface area contributed by atoms with Crippen LogP contribution >= 0.6 is 0 Å². The van der Waals surface area contributed by atoms with Gasteiger partial charge in [0, 0.05) is 49.3 Å². The van der Waals surface area contributed by atoms with Crippen LogP contribution in [0.5, 0.6) is 0 Å². The number of hydrogen-bond donors (Lipinski definition) is 2. The highest BCUT2D eigenvalue weighted by Crippen LogP contribution is 2.25. The van der Waals surface area contributed by atoms with E-state index in [0.29, 0.717) is 19.1 Å². The van der Waals surface area contributed by atoms with Crippen LogP contribution in [-0.4, -0.2) is 58.2 Å². The molecule has 0 radical (unpaired) electrons. The molecule has 0 atom stereocenters. The van der Waals surface area contributed by atoms with Crippen LogP contribution in [0.3, 0.4) is 0 Å². The normalized spacial score (nSPS) is 14.8. The molecule has 1 fully saturated rings. The zero-order valence-electron chi connectivity index (χ0n) is 15.6. The van der Waals surface area contributed by atoms with Gasteiger partial charge in [0.05, 0.1) is 17.4 Å². The van der Waals surface area contributed by atoms with E-state index in [0.717, 1.165) is 41.1 Å². The number of carbonyl (C=O) groups excluding carboxylic acids is 1. The molecular weight excluding hydrogens is 340 g/mol. The predicted molar refractivity (Wildman–Crippen MR) is 107 cm³/mol. The summed E-state index contributed by atoms with van der Waals surface area (Å²) in [5.41, 5.74) is 2.71. The number of hydrogen-bond acceptors (Lipinski definition) is 5. The van der Waals surface area contributed by atoms with Crippen LogP contribution in [0.4, 0.5) is 11.5 Å². The number of piperazine rings is 1. The second kappa shape index (κ2) is 7.26. The molecule has 3 aromatic rings. The summed E-state index contributed by atoms with van der Waals surface area (Å²) in [5, 5.41) is 12.8. The van der Waals surface area contributed by atoms with Gasteiger partial charge in [-0.25, -0.2) is 0 Å². The standard InChI is InChI=1S/C20H24N6O/c1-14(2)23-18-7-8-22-24-19(18)25-9-11-26(12-10-25)20(27)16-13-21-17-6-4-3-5-15(16)17/h3-8,13-14,21H,9-12H2,1-2H3,(H,22,23). The van der Waals surface area contributed by atoms with Crippen molar-refractivity contribution in [1.29, 1.82) is 0 Å². The van der Waals surface area contributed by atoms with Crippen molar-refractivity contribution >= 4 is 28.3 Å². The van der Waals surface area contributed by atoms with E-state index >= 15 is 0 Å². The van der Waals surface area contributed by atoms with E-state index in [-0.39, 0.29) is 5.91 Å². The predicted octanol–water partition coefficient (Wildman–Crippen LogP) is 2.74. The van der Waals surface area contributed by atoms with Crippen LogP contribution in [0.1, 0.15) is 24.2 Å². The fourth-order valence-electron chi connectivity index (χ4n) is 3.52. The highest BCUT2D eigenvalue weighted by atomic mass is 16.2. The van der Waals surface area contributed by atoms with Crippen LogP contribution in [0, 0.1) is 0 Å². The van der Waals surface area contributed by atoms with Crippen molar-refractivity contribution in [3.8, 4) is 0 Å². The molecule has 7 heteroatoms. The maximum atomic E-state index is 13.0. The minimum atomic E-state index is 0.0757. The van der Waals surface area contributed by atoms with Gasteiger partial charge in [0.2, 0.25) is 0 Å². The molecule has 0 saturated carbocycles. The summed E-state index contributed by atoms with van der Waals surface area (Å²) in [6.07, 6.45) is 3.51. The fraction of sp³-hybridized carbons (Fsp3) is 0.350. The number of amides is 1. The molecule has 1 aliphatic heterocycles. The Morgan fingerprint density at radius 1 is 1.15 bits per heavy atom. The number of carbonyl (C=O) groups is 1. The monoisotopic (exact) mass is 364 g/mol. The van der Waals surface area contributed by atoms with Gasteiger partial charge >= 0.3 is 0 Å². The molecule has 0 unspecified atom stereocenters. The fourth-order valence-corrected chi connectivity index (χ4v) is 3.52. The van der Waals surface area contributed by atoms with Crippen molar-refractivity contribution in [2.75, 3.05) is 36.4 Å². The van der Waals surface area contributed by atoms with Crippen molar-refractivity contribution in [1.82, 2.24) is 20.1 Å². The summed E-state index contributed by atoms with van der Waals surface area (Å²) in [5.74, 6) is 0.928. The number of benzene rings is 1. The zero-order valence-corrected chi connectivity index (χ0v) is 15.6. The SMILES string of the molecule is CC(C)Nc1ccnnc1N1CCN(C(=O)c2c[nH]c3ccccc23)CC1. The summed E-state index contributed by atoms with van der Waals surface area (Å²) in [4.78, 5) is 20.3. The zero-order chi connectivity index (χ0) is 18.8. The number of aromatic nitrogens is 3. The molecule has 4 rings (SSSR count). The van der Waals surface area contributed by atoms with Gasteiger partial charge in [0.15, 0.2) is 5.82 Å². The molecule has 2 aromatic heterocycles. The molecule has 1 aliphatic rings. The Morgan fingerprint density at radius 3 is 2.70 bits per heavy atom. The Balaban J connectivity index is 1.47. The second-order valence-corrected chi connectivity index (χ2v) is 7.09. The quantitative estimate of drug-likeness (QED) is 0.744. The number of anilines is 2. The van der Waals surface area contributed by atoms with Crippen molar-refractivity contribution in [2.24, 2.45) is 0 Å². The smallest absolute Gasteiger partial charge is 0.256 e. The van der Waals surface area contributed by atoms with Crippen molar-refractivity contribution < 1.29 is 4.79 Å². The first-order valence-electron chi connectivity index (χ1n) is 9.32. The topological polar surface area (TPSA) is 77.2 Å².